The molecule has 0 radical (unpaired) electrons. The van der Waals surface area contributed by atoms with Crippen LogP contribution in [-0.4, -0.2) is 23.8 Å². The molecule has 0 saturated carbocycles. The summed E-state index contributed by atoms with van der Waals surface area (Å²) in [6.07, 6.45) is 1.66. The molecule has 0 saturated heterocycles. The molecule has 0 unspecified atom stereocenters. The van der Waals surface area contributed by atoms with Gasteiger partial charge in [-0.2, -0.15) is 0 Å². The van der Waals surface area contributed by atoms with Crippen LogP contribution in [0.15, 0.2) is 78.6 Å². The van der Waals surface area contributed by atoms with Gasteiger partial charge in [-0.05, 0) is 29.3 Å². The van der Waals surface area contributed by atoms with Gasteiger partial charge in [-0.3, -0.25) is 9.59 Å². The number of aromatic nitrogens is 1. The quantitative estimate of drug-likeness (QED) is 0.699. The SMILES string of the molecule is CN1C(=O)/C(=C\c2ccccc2)Oc2nc(C(=O)NCc3ccccc3)ccc21. The summed E-state index contributed by atoms with van der Waals surface area (Å²) in [5.74, 6) is -0.208. The lowest BCUT2D eigenvalue weighted by molar-refractivity contribution is -0.117. The number of carbonyl (C=O) groups is 2. The molecule has 1 aliphatic heterocycles. The highest BCUT2D eigenvalue weighted by atomic mass is 16.5. The highest BCUT2D eigenvalue weighted by Gasteiger charge is 2.29. The van der Waals surface area contributed by atoms with Crippen LogP contribution in [0.3, 0.4) is 0 Å². The zero-order chi connectivity index (χ0) is 20.2. The number of carbonyl (C=O) groups excluding carboxylic acids is 2. The van der Waals surface area contributed by atoms with E-state index in [0.29, 0.717) is 12.2 Å². The number of benzene rings is 2. The van der Waals surface area contributed by atoms with Crippen LogP contribution in [0.1, 0.15) is 21.6 Å². The van der Waals surface area contributed by atoms with Crippen LogP contribution in [0, 0.1) is 0 Å². The monoisotopic (exact) mass is 385 g/mol. The first-order chi connectivity index (χ1) is 14.1. The summed E-state index contributed by atoms with van der Waals surface area (Å²) < 4.78 is 5.75. The van der Waals surface area contributed by atoms with Gasteiger partial charge in [0.15, 0.2) is 5.76 Å². The molecule has 0 fully saturated rings. The van der Waals surface area contributed by atoms with Gasteiger partial charge in [-0.25, -0.2) is 4.98 Å². The molecule has 29 heavy (non-hydrogen) atoms. The summed E-state index contributed by atoms with van der Waals surface area (Å²) in [5.41, 5.74) is 2.57. The summed E-state index contributed by atoms with van der Waals surface area (Å²) in [5, 5.41) is 2.84. The summed E-state index contributed by atoms with van der Waals surface area (Å²) in [4.78, 5) is 30.9. The number of hydrogen-bond donors (Lipinski definition) is 1. The predicted molar refractivity (Wildman–Crippen MR) is 110 cm³/mol. The van der Waals surface area contributed by atoms with E-state index in [-0.39, 0.29) is 29.1 Å². The van der Waals surface area contributed by atoms with Crippen LogP contribution in [0.5, 0.6) is 5.88 Å². The largest absolute Gasteiger partial charge is 0.431 e. The smallest absolute Gasteiger partial charge is 0.293 e. The average Bonchev–Trinajstić information content (AvgIpc) is 2.76. The number of likely N-dealkylation sites (N-methyl/N-ethyl adjacent to an activating group) is 1. The third-order valence-electron chi connectivity index (χ3n) is 4.55. The molecule has 0 aliphatic carbocycles. The van der Waals surface area contributed by atoms with Gasteiger partial charge >= 0.3 is 0 Å². The average molecular weight is 385 g/mol. The Morgan fingerprint density at radius 1 is 1.03 bits per heavy atom. The molecule has 0 spiro atoms. The first-order valence-corrected chi connectivity index (χ1v) is 9.17. The van der Waals surface area contributed by atoms with Crippen molar-refractivity contribution in [3.63, 3.8) is 0 Å². The third-order valence-corrected chi connectivity index (χ3v) is 4.55. The van der Waals surface area contributed by atoms with Crippen molar-refractivity contribution >= 4 is 23.6 Å². The van der Waals surface area contributed by atoms with E-state index >= 15 is 0 Å². The van der Waals surface area contributed by atoms with Crippen molar-refractivity contribution in [3.8, 4) is 5.88 Å². The zero-order valence-corrected chi connectivity index (χ0v) is 15.8. The Labute approximate surface area is 168 Å². The van der Waals surface area contributed by atoms with Crippen molar-refractivity contribution in [3.05, 3.63) is 95.4 Å². The van der Waals surface area contributed by atoms with E-state index in [1.165, 1.54) is 4.90 Å². The Hall–Kier alpha value is -3.93. The van der Waals surface area contributed by atoms with Gasteiger partial charge in [0.1, 0.15) is 11.4 Å². The molecule has 4 rings (SSSR count). The van der Waals surface area contributed by atoms with Crippen LogP contribution in [-0.2, 0) is 11.3 Å². The molecule has 6 heteroatoms. The minimum absolute atomic E-state index is 0.153. The maximum absolute atomic E-state index is 12.6. The van der Waals surface area contributed by atoms with E-state index in [0.717, 1.165) is 11.1 Å². The lowest BCUT2D eigenvalue weighted by Gasteiger charge is -2.26. The topological polar surface area (TPSA) is 71.5 Å². The zero-order valence-electron chi connectivity index (χ0n) is 15.8. The molecule has 144 valence electrons. The third kappa shape index (κ3) is 4.01. The van der Waals surface area contributed by atoms with Crippen LogP contribution in [0.4, 0.5) is 5.69 Å². The summed E-state index contributed by atoms with van der Waals surface area (Å²) in [7, 11) is 1.65. The maximum atomic E-state index is 12.6. The minimum atomic E-state index is -0.312. The van der Waals surface area contributed by atoms with Crippen molar-refractivity contribution in [2.24, 2.45) is 0 Å². The Morgan fingerprint density at radius 2 is 1.72 bits per heavy atom. The standard InChI is InChI=1S/C23H19N3O3/c1-26-19-13-12-18(21(27)24-15-17-10-6-3-7-11-17)25-22(19)29-20(23(26)28)14-16-8-4-2-5-9-16/h2-14H,15H2,1H3,(H,24,27)/b20-14+. The summed E-state index contributed by atoms with van der Waals surface area (Å²) in [6.45, 7) is 0.400. The van der Waals surface area contributed by atoms with Crippen molar-refractivity contribution in [2.45, 2.75) is 6.54 Å². The van der Waals surface area contributed by atoms with E-state index in [2.05, 4.69) is 10.3 Å². The molecule has 2 amide bonds. The Bertz CT molecular complexity index is 1080. The Morgan fingerprint density at radius 3 is 2.45 bits per heavy atom. The predicted octanol–water partition coefficient (Wildman–Crippen LogP) is 3.41. The van der Waals surface area contributed by atoms with E-state index in [1.807, 2.05) is 60.7 Å². The number of ether oxygens (including phenoxy) is 1. The fourth-order valence-corrected chi connectivity index (χ4v) is 2.97. The molecule has 0 bridgehead atoms. The van der Waals surface area contributed by atoms with Crippen molar-refractivity contribution in [2.75, 3.05) is 11.9 Å². The number of rotatable bonds is 4. The van der Waals surface area contributed by atoms with Crippen molar-refractivity contribution in [1.29, 1.82) is 0 Å². The van der Waals surface area contributed by atoms with Gasteiger partial charge in [0, 0.05) is 13.6 Å². The molecule has 3 aromatic rings. The van der Waals surface area contributed by atoms with Crippen LogP contribution < -0.4 is 15.0 Å². The van der Waals surface area contributed by atoms with Crippen LogP contribution >= 0.6 is 0 Å². The van der Waals surface area contributed by atoms with Gasteiger partial charge in [-0.15, -0.1) is 0 Å². The second-order valence-corrected chi connectivity index (χ2v) is 6.57. The molecule has 1 aliphatic rings. The van der Waals surface area contributed by atoms with Crippen molar-refractivity contribution in [1.82, 2.24) is 10.3 Å². The number of fused-ring (bicyclic) bond motifs is 1. The fraction of sp³-hybridized carbons (Fsp3) is 0.0870. The molecule has 0 atom stereocenters. The number of pyridine rings is 1. The molecule has 1 N–H and O–H groups in total. The molecule has 2 aromatic carbocycles. The van der Waals surface area contributed by atoms with Crippen LogP contribution in [0.25, 0.3) is 6.08 Å². The van der Waals surface area contributed by atoms with Gasteiger partial charge in [0.2, 0.25) is 5.88 Å². The lowest BCUT2D eigenvalue weighted by atomic mass is 10.2. The summed E-state index contributed by atoms with van der Waals surface area (Å²) >= 11 is 0. The minimum Gasteiger partial charge on any atom is -0.431 e. The molecule has 6 nitrogen and oxygen atoms in total. The highest BCUT2D eigenvalue weighted by Crippen LogP contribution is 2.33. The molecular formula is C23H19N3O3. The van der Waals surface area contributed by atoms with Gasteiger partial charge in [0.25, 0.3) is 11.8 Å². The number of anilines is 1. The van der Waals surface area contributed by atoms with E-state index < -0.39 is 0 Å². The first-order valence-electron chi connectivity index (χ1n) is 9.17. The number of hydrogen-bond acceptors (Lipinski definition) is 4. The first kappa shape index (κ1) is 18.4. The second-order valence-electron chi connectivity index (χ2n) is 6.57. The van der Waals surface area contributed by atoms with Crippen molar-refractivity contribution < 1.29 is 14.3 Å². The maximum Gasteiger partial charge on any atom is 0.293 e. The number of amides is 2. The molecule has 1 aromatic heterocycles. The molecular weight excluding hydrogens is 366 g/mol. The van der Waals surface area contributed by atoms with E-state index in [1.54, 1.807) is 25.3 Å². The van der Waals surface area contributed by atoms with Gasteiger partial charge in [0.05, 0.1) is 0 Å². The van der Waals surface area contributed by atoms with Crippen LogP contribution in [0.2, 0.25) is 0 Å². The molecule has 2 heterocycles. The summed E-state index contributed by atoms with van der Waals surface area (Å²) in [6, 6.07) is 22.3. The Kier molecular flexibility index (Phi) is 5.07. The normalized spacial score (nSPS) is 14.3. The Balaban J connectivity index is 1.56. The fourth-order valence-electron chi connectivity index (χ4n) is 2.97. The lowest BCUT2D eigenvalue weighted by Crippen LogP contribution is -2.34. The van der Waals surface area contributed by atoms with Gasteiger partial charge in [-0.1, -0.05) is 60.7 Å². The van der Waals surface area contributed by atoms with E-state index in [9.17, 15) is 9.59 Å². The van der Waals surface area contributed by atoms with E-state index in [4.69, 9.17) is 4.74 Å². The number of nitrogens with zero attached hydrogens (tertiary/aromatic N) is 2. The van der Waals surface area contributed by atoms with Gasteiger partial charge < -0.3 is 15.0 Å². The second kappa shape index (κ2) is 7.98. The number of nitrogens with one attached hydrogen (secondary N) is 1. The highest BCUT2D eigenvalue weighted by molar-refractivity contribution is 6.09.